The average Bonchev–Trinajstić information content (AvgIpc) is 2.93. The maximum Gasteiger partial charge on any atom is 0.234 e. The molecule has 1 saturated heterocycles. The molecule has 0 spiro atoms. The normalized spacial score (nSPS) is 12.7. The molecule has 7 nitrogen and oxygen atoms in total. The topological polar surface area (TPSA) is 100.0 Å². The van der Waals surface area contributed by atoms with E-state index in [1.807, 2.05) is 67.6 Å². The number of rotatable bonds is 6. The zero-order chi connectivity index (χ0) is 24.6. The van der Waals surface area contributed by atoms with Crippen LogP contribution in [0, 0.1) is 34.0 Å². The Balaban J connectivity index is 1.87. The summed E-state index contributed by atoms with van der Waals surface area (Å²) >= 11 is 0. The zero-order valence-corrected chi connectivity index (χ0v) is 19.5. The zero-order valence-electron chi connectivity index (χ0n) is 19.5. The third-order valence-electron chi connectivity index (χ3n) is 5.87. The number of anilines is 2. The summed E-state index contributed by atoms with van der Waals surface area (Å²) in [6.45, 7) is 5.13. The molecule has 1 aliphatic rings. The summed E-state index contributed by atoms with van der Waals surface area (Å²) in [4.78, 5) is 9.21. The molecule has 35 heavy (non-hydrogen) atoms. The molecule has 4 rings (SSSR count). The van der Waals surface area contributed by atoms with Gasteiger partial charge in [-0.25, -0.2) is 0 Å². The lowest BCUT2D eigenvalue weighted by Gasteiger charge is -2.37. The maximum atomic E-state index is 10.1. The van der Waals surface area contributed by atoms with Gasteiger partial charge in [0.2, 0.25) is 5.88 Å². The van der Waals surface area contributed by atoms with E-state index in [1.165, 1.54) is 6.08 Å². The van der Waals surface area contributed by atoms with Gasteiger partial charge in [0.1, 0.15) is 35.2 Å². The van der Waals surface area contributed by atoms with Crippen molar-refractivity contribution in [2.75, 3.05) is 42.6 Å². The summed E-state index contributed by atoms with van der Waals surface area (Å²) in [6, 6.07) is 25.9. The summed E-state index contributed by atoms with van der Waals surface area (Å²) in [7, 11) is 0. The molecule has 0 unspecified atom stereocenters. The van der Waals surface area contributed by atoms with Crippen molar-refractivity contribution >= 4 is 17.6 Å². The Kier molecular flexibility index (Phi) is 7.26. The highest BCUT2D eigenvalue weighted by molar-refractivity contribution is 5.89. The number of nitrogens with zero attached hydrogens (tertiary/aromatic N) is 6. The molecule has 0 saturated carbocycles. The molecule has 0 aliphatic carbocycles. The standard InChI is InChI=1S/C28H24N6O/c1-2-35-28-25(20-31)26(22-9-5-3-6-10-22)24(17-21(18-29)19-30)27(32-28)34-15-13-33(14-16-34)23-11-7-4-8-12-23/h3-12,17H,2,13-16H2,1H3. The molecule has 0 amide bonds. The van der Waals surface area contributed by atoms with Gasteiger partial charge in [0, 0.05) is 43.0 Å². The van der Waals surface area contributed by atoms with Crippen LogP contribution in [0.25, 0.3) is 17.2 Å². The molecule has 0 bridgehead atoms. The van der Waals surface area contributed by atoms with Crippen LogP contribution in [0.1, 0.15) is 18.1 Å². The number of hydrogen-bond acceptors (Lipinski definition) is 7. The highest BCUT2D eigenvalue weighted by Gasteiger charge is 2.27. The van der Waals surface area contributed by atoms with Gasteiger partial charge in [-0.05, 0) is 30.7 Å². The number of allylic oxidation sites excluding steroid dienone is 1. The van der Waals surface area contributed by atoms with Crippen LogP contribution in [0.3, 0.4) is 0 Å². The smallest absolute Gasteiger partial charge is 0.234 e. The number of hydrogen-bond donors (Lipinski definition) is 0. The van der Waals surface area contributed by atoms with Gasteiger partial charge in [-0.2, -0.15) is 20.8 Å². The molecule has 2 aromatic carbocycles. The van der Waals surface area contributed by atoms with Crippen molar-refractivity contribution in [1.29, 1.82) is 15.8 Å². The van der Waals surface area contributed by atoms with Crippen LogP contribution in [0.4, 0.5) is 11.5 Å². The Morgan fingerprint density at radius 1 is 0.914 bits per heavy atom. The lowest BCUT2D eigenvalue weighted by molar-refractivity contribution is 0.326. The fourth-order valence-electron chi connectivity index (χ4n) is 4.24. The highest BCUT2D eigenvalue weighted by atomic mass is 16.5. The molecule has 1 fully saturated rings. The van der Waals surface area contributed by atoms with Gasteiger partial charge in [0.15, 0.2) is 0 Å². The predicted octanol–water partition coefficient (Wildman–Crippen LogP) is 4.78. The fourth-order valence-corrected chi connectivity index (χ4v) is 4.24. The number of nitriles is 3. The van der Waals surface area contributed by atoms with E-state index < -0.39 is 0 Å². The van der Waals surface area contributed by atoms with Gasteiger partial charge in [-0.1, -0.05) is 48.5 Å². The van der Waals surface area contributed by atoms with E-state index in [-0.39, 0.29) is 17.0 Å². The monoisotopic (exact) mass is 460 g/mol. The van der Waals surface area contributed by atoms with Crippen LogP contribution in [-0.2, 0) is 0 Å². The Morgan fingerprint density at radius 2 is 1.51 bits per heavy atom. The van der Waals surface area contributed by atoms with Gasteiger partial charge in [0.25, 0.3) is 0 Å². The maximum absolute atomic E-state index is 10.1. The van der Waals surface area contributed by atoms with E-state index in [0.29, 0.717) is 36.6 Å². The van der Waals surface area contributed by atoms with E-state index in [9.17, 15) is 15.8 Å². The Morgan fingerprint density at radius 3 is 2.09 bits per heavy atom. The van der Waals surface area contributed by atoms with Crippen molar-refractivity contribution in [3.05, 3.63) is 77.4 Å². The summed E-state index contributed by atoms with van der Waals surface area (Å²) < 4.78 is 5.80. The SMILES string of the molecule is CCOc1nc(N2CCN(c3ccccc3)CC2)c(C=C(C#N)C#N)c(-c2ccccc2)c1C#N. The molecule has 0 atom stereocenters. The minimum Gasteiger partial charge on any atom is -0.477 e. The van der Waals surface area contributed by atoms with Crippen LogP contribution in [0.15, 0.2) is 66.2 Å². The summed E-state index contributed by atoms with van der Waals surface area (Å²) in [5, 5.41) is 29.1. The number of pyridine rings is 1. The predicted molar refractivity (Wildman–Crippen MR) is 136 cm³/mol. The number of aromatic nitrogens is 1. The van der Waals surface area contributed by atoms with Crippen LogP contribution < -0.4 is 14.5 Å². The molecule has 7 heteroatoms. The van der Waals surface area contributed by atoms with Crippen molar-refractivity contribution in [1.82, 2.24) is 4.98 Å². The van der Waals surface area contributed by atoms with Gasteiger partial charge in [-0.3, -0.25) is 0 Å². The van der Waals surface area contributed by atoms with E-state index in [1.54, 1.807) is 0 Å². The summed E-state index contributed by atoms with van der Waals surface area (Å²) in [5.74, 6) is 0.851. The van der Waals surface area contributed by atoms with Crippen LogP contribution >= 0.6 is 0 Å². The van der Waals surface area contributed by atoms with Gasteiger partial charge < -0.3 is 14.5 Å². The van der Waals surface area contributed by atoms with Crippen LogP contribution in [-0.4, -0.2) is 37.8 Å². The fraction of sp³-hybridized carbons (Fsp3) is 0.214. The van der Waals surface area contributed by atoms with Crippen molar-refractivity contribution in [2.45, 2.75) is 6.92 Å². The summed E-state index contributed by atoms with van der Waals surface area (Å²) in [6.07, 6.45) is 1.53. The quantitative estimate of drug-likeness (QED) is 0.488. The second kappa shape index (κ2) is 10.9. The first-order valence-corrected chi connectivity index (χ1v) is 11.4. The van der Waals surface area contributed by atoms with Gasteiger partial charge in [0.05, 0.1) is 6.61 Å². The molecular weight excluding hydrogens is 436 g/mol. The second-order valence-electron chi connectivity index (χ2n) is 7.91. The average molecular weight is 461 g/mol. The molecule has 0 N–H and O–H groups in total. The van der Waals surface area contributed by atoms with Crippen molar-refractivity contribution in [3.63, 3.8) is 0 Å². The van der Waals surface area contributed by atoms with Crippen LogP contribution in [0.2, 0.25) is 0 Å². The third-order valence-corrected chi connectivity index (χ3v) is 5.87. The molecule has 172 valence electrons. The van der Waals surface area contributed by atoms with Crippen molar-refractivity contribution < 1.29 is 4.74 Å². The molecule has 1 aliphatic heterocycles. The summed E-state index contributed by atoms with van der Waals surface area (Å²) in [5.41, 5.74) is 3.36. The first kappa shape index (κ1) is 23.4. The minimum atomic E-state index is -0.0544. The first-order valence-electron chi connectivity index (χ1n) is 11.4. The first-order chi connectivity index (χ1) is 17.2. The lowest BCUT2D eigenvalue weighted by Crippen LogP contribution is -2.47. The Bertz CT molecular complexity index is 1320. The number of benzene rings is 2. The molecular formula is C28H24N6O. The van der Waals surface area contributed by atoms with E-state index in [4.69, 9.17) is 9.72 Å². The van der Waals surface area contributed by atoms with Crippen molar-refractivity contribution in [2.24, 2.45) is 0 Å². The highest BCUT2D eigenvalue weighted by Crippen LogP contribution is 2.39. The largest absolute Gasteiger partial charge is 0.477 e. The number of piperazine rings is 1. The second-order valence-corrected chi connectivity index (χ2v) is 7.91. The molecule has 0 radical (unpaired) electrons. The molecule has 3 aromatic rings. The molecule has 1 aromatic heterocycles. The Hall–Kier alpha value is -4.80. The van der Waals surface area contributed by atoms with Gasteiger partial charge >= 0.3 is 0 Å². The molecule has 2 heterocycles. The van der Waals surface area contributed by atoms with E-state index in [2.05, 4.69) is 28.0 Å². The number of ether oxygens (including phenoxy) is 1. The third kappa shape index (κ3) is 4.93. The minimum absolute atomic E-state index is 0.0544. The van der Waals surface area contributed by atoms with Crippen LogP contribution in [0.5, 0.6) is 5.88 Å². The Labute approximate surface area is 205 Å². The van der Waals surface area contributed by atoms with E-state index in [0.717, 1.165) is 24.3 Å². The lowest BCUT2D eigenvalue weighted by atomic mass is 9.94. The van der Waals surface area contributed by atoms with Crippen molar-refractivity contribution in [3.8, 4) is 35.2 Å². The number of para-hydroxylation sites is 1. The van der Waals surface area contributed by atoms with E-state index >= 15 is 0 Å². The van der Waals surface area contributed by atoms with Gasteiger partial charge in [-0.15, -0.1) is 0 Å².